The maximum atomic E-state index is 12.0. The summed E-state index contributed by atoms with van der Waals surface area (Å²) < 4.78 is 10.5. The molecule has 2 heterocycles. The van der Waals surface area contributed by atoms with E-state index in [1.54, 1.807) is 7.11 Å². The standard InChI is InChI=1S/C17H19N5O3S/c1-3-6-15-20-21-17(26-15)18-13(23)9-10-14-19-16(22-25-14)11-7-4-5-8-12(11)24-2/h4-5,7-8H,3,6,9-10H2,1-2H3,(H,18,21,23). The first-order valence-electron chi connectivity index (χ1n) is 8.27. The van der Waals surface area contributed by atoms with E-state index in [1.165, 1.54) is 11.3 Å². The molecule has 8 nitrogen and oxygen atoms in total. The summed E-state index contributed by atoms with van der Waals surface area (Å²) >= 11 is 1.39. The van der Waals surface area contributed by atoms with Crippen LogP contribution in [0.15, 0.2) is 28.8 Å². The molecule has 136 valence electrons. The van der Waals surface area contributed by atoms with E-state index in [0.717, 1.165) is 23.4 Å². The highest BCUT2D eigenvalue weighted by molar-refractivity contribution is 7.15. The maximum Gasteiger partial charge on any atom is 0.227 e. The van der Waals surface area contributed by atoms with Gasteiger partial charge in [0.15, 0.2) is 0 Å². The Balaban J connectivity index is 1.56. The van der Waals surface area contributed by atoms with Crippen LogP contribution in [0.2, 0.25) is 0 Å². The number of aromatic nitrogens is 4. The molecule has 1 N–H and O–H groups in total. The topological polar surface area (TPSA) is 103 Å². The lowest BCUT2D eigenvalue weighted by Gasteiger charge is -2.03. The zero-order valence-electron chi connectivity index (χ0n) is 14.6. The number of carbonyl (C=O) groups is 1. The van der Waals surface area contributed by atoms with Gasteiger partial charge in [0.2, 0.25) is 22.8 Å². The van der Waals surface area contributed by atoms with Crippen LogP contribution in [-0.2, 0) is 17.6 Å². The number of nitrogens with one attached hydrogen (secondary N) is 1. The van der Waals surface area contributed by atoms with Gasteiger partial charge in [-0.3, -0.25) is 4.79 Å². The molecule has 0 unspecified atom stereocenters. The Kier molecular flexibility index (Phi) is 5.90. The van der Waals surface area contributed by atoms with Crippen LogP contribution in [0.4, 0.5) is 5.13 Å². The van der Waals surface area contributed by atoms with Crippen molar-refractivity contribution in [1.82, 2.24) is 20.3 Å². The first-order valence-corrected chi connectivity index (χ1v) is 9.09. The average Bonchev–Trinajstić information content (AvgIpc) is 3.30. The van der Waals surface area contributed by atoms with Gasteiger partial charge in [0.05, 0.1) is 12.7 Å². The second kappa shape index (κ2) is 8.52. The highest BCUT2D eigenvalue weighted by Gasteiger charge is 2.14. The minimum absolute atomic E-state index is 0.166. The Bertz CT molecular complexity index is 877. The van der Waals surface area contributed by atoms with Crippen LogP contribution < -0.4 is 10.1 Å². The zero-order chi connectivity index (χ0) is 18.4. The Hall–Kier alpha value is -2.81. The predicted molar refractivity (Wildman–Crippen MR) is 97.1 cm³/mol. The third-order valence-corrected chi connectivity index (χ3v) is 4.46. The molecule has 0 aliphatic carbocycles. The largest absolute Gasteiger partial charge is 0.496 e. The van der Waals surface area contributed by atoms with Gasteiger partial charge >= 0.3 is 0 Å². The summed E-state index contributed by atoms with van der Waals surface area (Å²) in [6.45, 7) is 2.07. The smallest absolute Gasteiger partial charge is 0.227 e. The molecule has 0 aliphatic heterocycles. The Morgan fingerprint density at radius 2 is 2.12 bits per heavy atom. The van der Waals surface area contributed by atoms with E-state index in [-0.39, 0.29) is 12.3 Å². The monoisotopic (exact) mass is 373 g/mol. The summed E-state index contributed by atoms with van der Waals surface area (Å²) in [4.78, 5) is 16.4. The Morgan fingerprint density at radius 3 is 2.92 bits per heavy atom. The maximum absolute atomic E-state index is 12.0. The number of para-hydroxylation sites is 1. The van der Waals surface area contributed by atoms with E-state index in [2.05, 4.69) is 32.6 Å². The van der Waals surface area contributed by atoms with Crippen LogP contribution in [0.5, 0.6) is 5.75 Å². The van der Waals surface area contributed by atoms with Crippen molar-refractivity contribution in [2.75, 3.05) is 12.4 Å². The SMILES string of the molecule is CCCc1nnc(NC(=O)CCc2nc(-c3ccccc3OC)no2)s1. The number of ether oxygens (including phenoxy) is 1. The van der Waals surface area contributed by atoms with Crippen LogP contribution in [0, 0.1) is 0 Å². The van der Waals surface area contributed by atoms with Crippen molar-refractivity contribution in [2.24, 2.45) is 0 Å². The van der Waals surface area contributed by atoms with Gasteiger partial charge in [0.1, 0.15) is 10.8 Å². The lowest BCUT2D eigenvalue weighted by Crippen LogP contribution is -2.12. The molecule has 0 radical (unpaired) electrons. The minimum Gasteiger partial charge on any atom is -0.496 e. The number of amides is 1. The van der Waals surface area contributed by atoms with Gasteiger partial charge in [-0.05, 0) is 18.6 Å². The second-order valence-electron chi connectivity index (χ2n) is 5.51. The number of rotatable bonds is 8. The highest BCUT2D eigenvalue weighted by atomic mass is 32.1. The van der Waals surface area contributed by atoms with E-state index in [1.807, 2.05) is 24.3 Å². The molecule has 1 aromatic carbocycles. The second-order valence-corrected chi connectivity index (χ2v) is 6.57. The third-order valence-electron chi connectivity index (χ3n) is 3.56. The van der Waals surface area contributed by atoms with Gasteiger partial charge in [-0.15, -0.1) is 10.2 Å². The van der Waals surface area contributed by atoms with Crippen LogP contribution in [0.25, 0.3) is 11.4 Å². The normalized spacial score (nSPS) is 10.7. The van der Waals surface area contributed by atoms with Crippen LogP contribution in [-0.4, -0.2) is 33.4 Å². The van der Waals surface area contributed by atoms with Crippen molar-refractivity contribution in [2.45, 2.75) is 32.6 Å². The van der Waals surface area contributed by atoms with Crippen molar-refractivity contribution < 1.29 is 14.1 Å². The van der Waals surface area contributed by atoms with Crippen molar-refractivity contribution in [3.8, 4) is 17.1 Å². The van der Waals surface area contributed by atoms with Gasteiger partial charge in [0, 0.05) is 19.3 Å². The average molecular weight is 373 g/mol. The molecular formula is C17H19N5O3S. The summed E-state index contributed by atoms with van der Waals surface area (Å²) in [6.07, 6.45) is 2.42. The van der Waals surface area contributed by atoms with Crippen molar-refractivity contribution in [3.05, 3.63) is 35.2 Å². The number of nitrogens with zero attached hydrogens (tertiary/aromatic N) is 4. The fraction of sp³-hybridized carbons (Fsp3) is 0.353. The van der Waals surface area contributed by atoms with Crippen LogP contribution >= 0.6 is 11.3 Å². The molecule has 0 saturated heterocycles. The molecule has 3 rings (SSSR count). The van der Waals surface area contributed by atoms with Crippen molar-refractivity contribution >= 4 is 22.4 Å². The molecule has 0 bridgehead atoms. The first kappa shape index (κ1) is 18.0. The number of hydrogen-bond acceptors (Lipinski definition) is 8. The fourth-order valence-electron chi connectivity index (χ4n) is 2.32. The minimum atomic E-state index is -0.166. The molecule has 0 saturated carbocycles. The molecule has 0 fully saturated rings. The lowest BCUT2D eigenvalue weighted by atomic mass is 10.2. The van der Waals surface area contributed by atoms with E-state index in [9.17, 15) is 4.79 Å². The molecule has 2 aromatic heterocycles. The van der Waals surface area contributed by atoms with Gasteiger partial charge < -0.3 is 14.6 Å². The molecule has 0 spiro atoms. The number of benzene rings is 1. The van der Waals surface area contributed by atoms with Crippen molar-refractivity contribution in [1.29, 1.82) is 0 Å². The highest BCUT2D eigenvalue weighted by Crippen LogP contribution is 2.27. The van der Waals surface area contributed by atoms with E-state index in [0.29, 0.717) is 29.0 Å². The fourth-order valence-corrected chi connectivity index (χ4v) is 3.17. The molecule has 26 heavy (non-hydrogen) atoms. The van der Waals surface area contributed by atoms with Gasteiger partial charge in [-0.1, -0.05) is 35.5 Å². The third kappa shape index (κ3) is 4.42. The lowest BCUT2D eigenvalue weighted by molar-refractivity contribution is -0.116. The summed E-state index contributed by atoms with van der Waals surface area (Å²) in [5.74, 6) is 1.33. The predicted octanol–water partition coefficient (Wildman–Crippen LogP) is 3.12. The molecule has 0 atom stereocenters. The van der Waals surface area contributed by atoms with Crippen LogP contribution in [0.3, 0.4) is 0 Å². The van der Waals surface area contributed by atoms with Gasteiger partial charge in [0.25, 0.3) is 0 Å². The molecule has 3 aromatic rings. The van der Waals surface area contributed by atoms with Crippen LogP contribution in [0.1, 0.15) is 30.7 Å². The number of aryl methyl sites for hydroxylation is 2. The molecule has 1 amide bonds. The molecule has 9 heteroatoms. The van der Waals surface area contributed by atoms with E-state index >= 15 is 0 Å². The molecule has 0 aliphatic rings. The van der Waals surface area contributed by atoms with Crippen molar-refractivity contribution in [3.63, 3.8) is 0 Å². The summed E-state index contributed by atoms with van der Waals surface area (Å²) in [7, 11) is 1.59. The number of anilines is 1. The first-order chi connectivity index (χ1) is 12.7. The Morgan fingerprint density at radius 1 is 1.27 bits per heavy atom. The van der Waals surface area contributed by atoms with Gasteiger partial charge in [-0.25, -0.2) is 0 Å². The summed E-state index contributed by atoms with van der Waals surface area (Å²) in [6, 6.07) is 7.42. The molecular weight excluding hydrogens is 354 g/mol. The van der Waals surface area contributed by atoms with E-state index < -0.39 is 0 Å². The van der Waals surface area contributed by atoms with E-state index in [4.69, 9.17) is 9.26 Å². The quantitative estimate of drug-likeness (QED) is 0.647. The Labute approximate surface area is 154 Å². The zero-order valence-corrected chi connectivity index (χ0v) is 15.4. The summed E-state index contributed by atoms with van der Waals surface area (Å²) in [5, 5.41) is 16.1. The summed E-state index contributed by atoms with van der Waals surface area (Å²) in [5.41, 5.74) is 0.742. The number of methoxy groups -OCH3 is 1. The van der Waals surface area contributed by atoms with Gasteiger partial charge in [-0.2, -0.15) is 4.98 Å². The number of hydrogen-bond donors (Lipinski definition) is 1. The number of carbonyl (C=O) groups excluding carboxylic acids is 1.